The second-order valence-electron chi connectivity index (χ2n) is 2.36. The highest BCUT2D eigenvalue weighted by atomic mass is 16.5. The van der Waals surface area contributed by atoms with Crippen LogP contribution >= 0.6 is 0 Å². The van der Waals surface area contributed by atoms with E-state index in [1.54, 1.807) is 0 Å². The van der Waals surface area contributed by atoms with Gasteiger partial charge in [0.15, 0.2) is 0 Å². The SMILES string of the molecule is CC.CC.CC.OB1OCc2ccccc21. The van der Waals surface area contributed by atoms with E-state index in [1.807, 2.05) is 65.8 Å². The van der Waals surface area contributed by atoms with E-state index >= 15 is 0 Å². The molecular formula is C13H25BO2. The Bertz CT molecular complexity index is 251. The van der Waals surface area contributed by atoms with Gasteiger partial charge in [0, 0.05) is 0 Å². The van der Waals surface area contributed by atoms with Crippen molar-refractivity contribution in [1.82, 2.24) is 0 Å². The van der Waals surface area contributed by atoms with Crippen LogP contribution in [0, 0.1) is 0 Å². The van der Waals surface area contributed by atoms with Gasteiger partial charge in [-0.1, -0.05) is 65.8 Å². The quantitative estimate of drug-likeness (QED) is 0.686. The third-order valence-corrected chi connectivity index (χ3v) is 1.72. The molecule has 0 unspecified atom stereocenters. The zero-order chi connectivity index (χ0) is 13.0. The van der Waals surface area contributed by atoms with Crippen molar-refractivity contribution in [2.75, 3.05) is 0 Å². The summed E-state index contributed by atoms with van der Waals surface area (Å²) < 4.78 is 4.98. The Labute approximate surface area is 101 Å². The van der Waals surface area contributed by atoms with E-state index in [4.69, 9.17) is 9.68 Å². The molecule has 0 aliphatic carbocycles. The lowest BCUT2D eigenvalue weighted by Crippen LogP contribution is -2.27. The smallest absolute Gasteiger partial charge is 0.423 e. The van der Waals surface area contributed by atoms with Gasteiger partial charge in [-0.15, -0.1) is 0 Å². The molecule has 1 N–H and O–H groups in total. The number of benzene rings is 1. The summed E-state index contributed by atoms with van der Waals surface area (Å²) >= 11 is 0. The third-order valence-electron chi connectivity index (χ3n) is 1.72. The molecule has 3 heteroatoms. The molecule has 0 amide bonds. The molecule has 2 rings (SSSR count). The van der Waals surface area contributed by atoms with Crippen LogP contribution in [0.3, 0.4) is 0 Å². The first kappa shape index (κ1) is 17.6. The molecule has 92 valence electrons. The molecular weight excluding hydrogens is 199 g/mol. The molecule has 0 fully saturated rings. The molecule has 1 aliphatic rings. The summed E-state index contributed by atoms with van der Waals surface area (Å²) in [6, 6.07) is 7.69. The minimum Gasteiger partial charge on any atom is -0.423 e. The summed E-state index contributed by atoms with van der Waals surface area (Å²) in [6.07, 6.45) is 0. The van der Waals surface area contributed by atoms with E-state index < -0.39 is 7.12 Å². The first-order valence-electron chi connectivity index (χ1n) is 6.25. The Kier molecular flexibility index (Phi) is 13.5. The molecule has 0 saturated carbocycles. The van der Waals surface area contributed by atoms with Crippen LogP contribution in [0.25, 0.3) is 0 Å². The number of hydrogen-bond donors (Lipinski definition) is 1. The van der Waals surface area contributed by atoms with Gasteiger partial charge in [-0.05, 0) is 11.0 Å². The van der Waals surface area contributed by atoms with Crippen LogP contribution < -0.4 is 5.46 Å². The Morgan fingerprint density at radius 2 is 1.50 bits per heavy atom. The lowest BCUT2D eigenvalue weighted by atomic mass is 9.80. The summed E-state index contributed by atoms with van der Waals surface area (Å²) in [5, 5.41) is 9.16. The highest BCUT2D eigenvalue weighted by Crippen LogP contribution is 2.07. The van der Waals surface area contributed by atoms with Crippen LogP contribution in [0.5, 0.6) is 0 Å². The average molecular weight is 224 g/mol. The van der Waals surface area contributed by atoms with Gasteiger partial charge in [0.2, 0.25) is 0 Å². The van der Waals surface area contributed by atoms with Gasteiger partial charge in [0.1, 0.15) is 0 Å². The fraction of sp³-hybridized carbons (Fsp3) is 0.538. The Morgan fingerprint density at radius 1 is 1.00 bits per heavy atom. The normalized spacial score (nSPS) is 10.8. The predicted molar refractivity (Wildman–Crippen MR) is 72.9 cm³/mol. The monoisotopic (exact) mass is 224 g/mol. The number of rotatable bonds is 0. The number of hydrogen-bond acceptors (Lipinski definition) is 2. The average Bonchev–Trinajstić information content (AvgIpc) is 2.79. The fourth-order valence-electron chi connectivity index (χ4n) is 1.17. The molecule has 0 saturated heterocycles. The van der Waals surface area contributed by atoms with Gasteiger partial charge >= 0.3 is 7.12 Å². The topological polar surface area (TPSA) is 29.5 Å². The Hall–Kier alpha value is -0.795. The van der Waals surface area contributed by atoms with Crippen LogP contribution in [0.4, 0.5) is 0 Å². The largest absolute Gasteiger partial charge is 0.491 e. The summed E-state index contributed by atoms with van der Waals surface area (Å²) in [6.45, 7) is 12.5. The maximum Gasteiger partial charge on any atom is 0.491 e. The molecule has 0 aromatic heterocycles. The van der Waals surface area contributed by atoms with Crippen molar-refractivity contribution in [2.45, 2.75) is 48.1 Å². The first-order chi connectivity index (χ1) is 7.88. The molecule has 1 aromatic carbocycles. The van der Waals surface area contributed by atoms with Crippen LogP contribution in [-0.2, 0) is 11.3 Å². The summed E-state index contributed by atoms with van der Waals surface area (Å²) in [5.41, 5.74) is 2.00. The van der Waals surface area contributed by atoms with Crippen LogP contribution in [-0.4, -0.2) is 12.1 Å². The van der Waals surface area contributed by atoms with E-state index in [0.717, 1.165) is 11.0 Å². The second kappa shape index (κ2) is 12.3. The van der Waals surface area contributed by atoms with Gasteiger partial charge in [-0.3, -0.25) is 0 Å². The second-order valence-corrected chi connectivity index (χ2v) is 2.36. The standard InChI is InChI=1S/C7H7BO2.3C2H6/c9-8-7-4-2-1-3-6(7)5-10-8;3*1-2/h1-4,9H,5H2;3*1-2H3. The van der Waals surface area contributed by atoms with Gasteiger partial charge in [-0.2, -0.15) is 0 Å². The Balaban J connectivity index is 0. The zero-order valence-electron chi connectivity index (χ0n) is 11.4. The predicted octanol–water partition coefficient (Wildman–Crippen LogP) is 2.98. The van der Waals surface area contributed by atoms with Crippen molar-refractivity contribution >= 4 is 12.6 Å². The lowest BCUT2D eigenvalue weighted by molar-refractivity contribution is 0.275. The molecule has 2 nitrogen and oxygen atoms in total. The lowest BCUT2D eigenvalue weighted by Gasteiger charge is -1.93. The highest BCUT2D eigenvalue weighted by Gasteiger charge is 2.25. The minimum atomic E-state index is -0.698. The van der Waals surface area contributed by atoms with Crippen LogP contribution in [0.1, 0.15) is 47.1 Å². The summed E-state index contributed by atoms with van der Waals surface area (Å²) in [4.78, 5) is 0. The molecule has 0 radical (unpaired) electrons. The van der Waals surface area contributed by atoms with Crippen molar-refractivity contribution < 1.29 is 9.68 Å². The highest BCUT2D eigenvalue weighted by molar-refractivity contribution is 6.61. The molecule has 1 aliphatic heterocycles. The zero-order valence-corrected chi connectivity index (χ0v) is 11.4. The summed E-state index contributed by atoms with van der Waals surface area (Å²) in [7, 11) is -0.698. The van der Waals surface area contributed by atoms with Crippen LogP contribution in [0.15, 0.2) is 24.3 Å². The van der Waals surface area contributed by atoms with Crippen molar-refractivity contribution in [2.24, 2.45) is 0 Å². The molecule has 1 heterocycles. The van der Waals surface area contributed by atoms with E-state index in [1.165, 1.54) is 0 Å². The molecule has 0 bridgehead atoms. The van der Waals surface area contributed by atoms with E-state index in [-0.39, 0.29) is 0 Å². The van der Waals surface area contributed by atoms with Gasteiger partial charge in [0.25, 0.3) is 0 Å². The van der Waals surface area contributed by atoms with Crippen LogP contribution in [0.2, 0.25) is 0 Å². The van der Waals surface area contributed by atoms with Gasteiger partial charge in [0.05, 0.1) is 6.61 Å². The fourth-order valence-corrected chi connectivity index (χ4v) is 1.17. The van der Waals surface area contributed by atoms with Gasteiger partial charge in [-0.25, -0.2) is 0 Å². The number of fused-ring (bicyclic) bond motifs is 1. The van der Waals surface area contributed by atoms with E-state index in [9.17, 15) is 0 Å². The molecule has 1 aromatic rings. The van der Waals surface area contributed by atoms with Crippen molar-refractivity contribution in [3.05, 3.63) is 29.8 Å². The molecule has 0 spiro atoms. The Morgan fingerprint density at radius 3 is 2.00 bits per heavy atom. The first-order valence-corrected chi connectivity index (χ1v) is 6.25. The molecule has 16 heavy (non-hydrogen) atoms. The summed E-state index contributed by atoms with van der Waals surface area (Å²) in [5.74, 6) is 0. The maximum absolute atomic E-state index is 9.16. The maximum atomic E-state index is 9.16. The molecule has 0 atom stereocenters. The third kappa shape index (κ3) is 5.33. The van der Waals surface area contributed by atoms with Crippen molar-refractivity contribution in [1.29, 1.82) is 0 Å². The van der Waals surface area contributed by atoms with Crippen molar-refractivity contribution in [3.63, 3.8) is 0 Å². The minimum absolute atomic E-state index is 0.539. The van der Waals surface area contributed by atoms with Gasteiger partial charge < -0.3 is 9.68 Å². The van der Waals surface area contributed by atoms with E-state index in [0.29, 0.717) is 6.61 Å². The van der Waals surface area contributed by atoms with Crippen molar-refractivity contribution in [3.8, 4) is 0 Å². The van der Waals surface area contributed by atoms with E-state index in [2.05, 4.69) is 0 Å².